The van der Waals surface area contributed by atoms with Gasteiger partial charge in [-0.1, -0.05) is 40.2 Å². The predicted molar refractivity (Wildman–Crippen MR) is 72.4 cm³/mol. The zero-order chi connectivity index (χ0) is 11.7. The number of anilines is 1. The molecule has 2 aromatic rings. The molecule has 0 bridgehead atoms. The molecular weight excluding hydrogens is 278 g/mol. The van der Waals surface area contributed by atoms with Gasteiger partial charge in [-0.05, 0) is 29.8 Å². The summed E-state index contributed by atoms with van der Waals surface area (Å²) < 4.78 is 6.85. The topological polar surface area (TPSA) is 21.3 Å². The van der Waals surface area contributed by atoms with Gasteiger partial charge in [-0.2, -0.15) is 0 Å². The predicted octanol–water partition coefficient (Wildman–Crippen LogP) is 3.99. The van der Waals surface area contributed by atoms with Crippen LogP contribution in [-0.4, -0.2) is 6.61 Å². The molecule has 86 valence electrons. The van der Waals surface area contributed by atoms with E-state index in [1.54, 1.807) is 0 Å². The van der Waals surface area contributed by atoms with Gasteiger partial charge in [-0.15, -0.1) is 0 Å². The smallest absolute Gasteiger partial charge is 0.142 e. The number of fused-ring (bicyclic) bond motifs is 1. The highest BCUT2D eigenvalue weighted by Gasteiger charge is 2.19. The van der Waals surface area contributed by atoms with Gasteiger partial charge in [0.05, 0.1) is 11.7 Å². The van der Waals surface area contributed by atoms with E-state index < -0.39 is 0 Å². The number of rotatable bonds is 1. The third-order valence-corrected chi connectivity index (χ3v) is 3.37. The molecule has 0 spiro atoms. The van der Waals surface area contributed by atoms with E-state index >= 15 is 0 Å². The molecule has 0 unspecified atom stereocenters. The summed E-state index contributed by atoms with van der Waals surface area (Å²) in [5.74, 6) is 0.929. The number of halogens is 1. The van der Waals surface area contributed by atoms with Crippen LogP contribution >= 0.6 is 15.9 Å². The second-order valence-corrected chi connectivity index (χ2v) is 4.97. The summed E-state index contributed by atoms with van der Waals surface area (Å²) in [4.78, 5) is 0. The number of hydrogen-bond donors (Lipinski definition) is 1. The maximum atomic E-state index is 5.75. The van der Waals surface area contributed by atoms with Gasteiger partial charge in [0.15, 0.2) is 0 Å². The molecule has 0 saturated carbocycles. The van der Waals surface area contributed by atoms with Crippen LogP contribution in [0.4, 0.5) is 5.69 Å². The fraction of sp³-hybridized carbons (Fsp3) is 0.143. The fourth-order valence-corrected chi connectivity index (χ4v) is 2.43. The first-order chi connectivity index (χ1) is 8.33. The molecule has 1 aliphatic rings. The SMILES string of the molecule is Brc1cccc([C@H]2COc3ccccc3N2)c1. The van der Waals surface area contributed by atoms with E-state index in [9.17, 15) is 0 Å². The molecule has 3 heteroatoms. The monoisotopic (exact) mass is 289 g/mol. The van der Waals surface area contributed by atoms with Gasteiger partial charge in [0, 0.05) is 4.47 Å². The molecule has 1 aliphatic heterocycles. The summed E-state index contributed by atoms with van der Waals surface area (Å²) in [6, 6.07) is 16.5. The Bertz CT molecular complexity index is 541. The van der Waals surface area contributed by atoms with Crippen molar-refractivity contribution in [2.24, 2.45) is 0 Å². The number of benzene rings is 2. The average molecular weight is 290 g/mol. The molecule has 17 heavy (non-hydrogen) atoms. The molecule has 1 atom stereocenters. The minimum Gasteiger partial charge on any atom is -0.489 e. The van der Waals surface area contributed by atoms with Crippen molar-refractivity contribution >= 4 is 21.6 Å². The van der Waals surface area contributed by atoms with Crippen molar-refractivity contribution < 1.29 is 4.74 Å². The van der Waals surface area contributed by atoms with Crippen LogP contribution in [0, 0.1) is 0 Å². The molecule has 2 aromatic carbocycles. The highest BCUT2D eigenvalue weighted by Crippen LogP contribution is 2.33. The Balaban J connectivity index is 1.89. The summed E-state index contributed by atoms with van der Waals surface area (Å²) in [6.07, 6.45) is 0. The van der Waals surface area contributed by atoms with Crippen LogP contribution in [0.15, 0.2) is 53.0 Å². The van der Waals surface area contributed by atoms with Crippen molar-refractivity contribution in [3.8, 4) is 5.75 Å². The summed E-state index contributed by atoms with van der Waals surface area (Å²) in [7, 11) is 0. The van der Waals surface area contributed by atoms with Gasteiger partial charge in [-0.25, -0.2) is 0 Å². The molecule has 0 aromatic heterocycles. The Morgan fingerprint density at radius 2 is 2.00 bits per heavy atom. The van der Waals surface area contributed by atoms with Crippen LogP contribution in [0.1, 0.15) is 11.6 Å². The standard InChI is InChI=1S/C14H12BrNO/c15-11-5-3-4-10(8-11)13-9-17-14-7-2-1-6-12(14)16-13/h1-8,13,16H,9H2/t13-/m1/s1. The van der Waals surface area contributed by atoms with Crippen molar-refractivity contribution in [1.29, 1.82) is 0 Å². The molecule has 0 fully saturated rings. The maximum absolute atomic E-state index is 5.75. The third kappa shape index (κ3) is 2.15. The summed E-state index contributed by atoms with van der Waals surface area (Å²) >= 11 is 3.49. The summed E-state index contributed by atoms with van der Waals surface area (Å²) in [6.45, 7) is 0.660. The molecule has 0 aliphatic carbocycles. The normalized spacial score (nSPS) is 17.8. The first-order valence-corrected chi connectivity index (χ1v) is 6.36. The Morgan fingerprint density at radius 3 is 2.88 bits per heavy atom. The average Bonchev–Trinajstić information content (AvgIpc) is 2.38. The van der Waals surface area contributed by atoms with Crippen LogP contribution < -0.4 is 10.1 Å². The fourth-order valence-electron chi connectivity index (χ4n) is 2.02. The van der Waals surface area contributed by atoms with E-state index in [2.05, 4.69) is 33.4 Å². The van der Waals surface area contributed by atoms with Crippen LogP contribution in [0.25, 0.3) is 0 Å². The highest BCUT2D eigenvalue weighted by molar-refractivity contribution is 9.10. The van der Waals surface area contributed by atoms with Crippen LogP contribution in [-0.2, 0) is 0 Å². The second kappa shape index (κ2) is 4.41. The quantitative estimate of drug-likeness (QED) is 0.857. The van der Waals surface area contributed by atoms with E-state index in [-0.39, 0.29) is 6.04 Å². The lowest BCUT2D eigenvalue weighted by Crippen LogP contribution is -2.23. The second-order valence-electron chi connectivity index (χ2n) is 4.06. The Morgan fingerprint density at radius 1 is 1.12 bits per heavy atom. The summed E-state index contributed by atoms with van der Waals surface area (Å²) in [5.41, 5.74) is 2.29. The molecule has 3 rings (SSSR count). The lowest BCUT2D eigenvalue weighted by atomic mass is 10.1. The van der Waals surface area contributed by atoms with E-state index in [0.717, 1.165) is 15.9 Å². The Hall–Kier alpha value is -1.48. The zero-order valence-corrected chi connectivity index (χ0v) is 10.8. The van der Waals surface area contributed by atoms with E-state index in [1.165, 1.54) is 5.56 Å². The first kappa shape index (κ1) is 10.7. The minimum atomic E-state index is 0.211. The molecular formula is C14H12BrNO. The number of para-hydroxylation sites is 2. The van der Waals surface area contributed by atoms with E-state index in [1.807, 2.05) is 36.4 Å². The molecule has 2 nitrogen and oxygen atoms in total. The minimum absolute atomic E-state index is 0.211. The lowest BCUT2D eigenvalue weighted by molar-refractivity contribution is 0.286. The van der Waals surface area contributed by atoms with Gasteiger partial charge in [0.25, 0.3) is 0 Å². The van der Waals surface area contributed by atoms with Crippen molar-refractivity contribution in [1.82, 2.24) is 0 Å². The van der Waals surface area contributed by atoms with Crippen molar-refractivity contribution in [3.05, 3.63) is 58.6 Å². The number of hydrogen-bond acceptors (Lipinski definition) is 2. The molecule has 1 N–H and O–H groups in total. The molecule has 0 amide bonds. The molecule has 0 radical (unpaired) electrons. The van der Waals surface area contributed by atoms with Crippen LogP contribution in [0.3, 0.4) is 0 Å². The van der Waals surface area contributed by atoms with Gasteiger partial charge in [0.1, 0.15) is 12.4 Å². The summed E-state index contributed by atoms with van der Waals surface area (Å²) in [5, 5.41) is 3.49. The van der Waals surface area contributed by atoms with E-state index in [0.29, 0.717) is 6.61 Å². The van der Waals surface area contributed by atoms with Gasteiger partial charge < -0.3 is 10.1 Å². The van der Waals surface area contributed by atoms with Gasteiger partial charge in [-0.3, -0.25) is 0 Å². The Labute approximate surface area is 109 Å². The van der Waals surface area contributed by atoms with Crippen LogP contribution in [0.5, 0.6) is 5.75 Å². The molecule has 1 heterocycles. The first-order valence-electron chi connectivity index (χ1n) is 5.57. The van der Waals surface area contributed by atoms with Crippen molar-refractivity contribution in [2.45, 2.75) is 6.04 Å². The number of ether oxygens (including phenoxy) is 1. The van der Waals surface area contributed by atoms with E-state index in [4.69, 9.17) is 4.74 Å². The third-order valence-electron chi connectivity index (χ3n) is 2.87. The lowest BCUT2D eigenvalue weighted by Gasteiger charge is -2.27. The van der Waals surface area contributed by atoms with Gasteiger partial charge >= 0.3 is 0 Å². The van der Waals surface area contributed by atoms with Crippen molar-refractivity contribution in [2.75, 3.05) is 11.9 Å². The maximum Gasteiger partial charge on any atom is 0.142 e. The van der Waals surface area contributed by atoms with Crippen molar-refractivity contribution in [3.63, 3.8) is 0 Å². The number of nitrogens with one attached hydrogen (secondary N) is 1. The zero-order valence-electron chi connectivity index (χ0n) is 9.19. The van der Waals surface area contributed by atoms with Gasteiger partial charge in [0.2, 0.25) is 0 Å². The Kier molecular flexibility index (Phi) is 2.77. The largest absolute Gasteiger partial charge is 0.489 e. The highest BCUT2D eigenvalue weighted by atomic mass is 79.9. The van der Waals surface area contributed by atoms with Crippen LogP contribution in [0.2, 0.25) is 0 Å². The molecule has 0 saturated heterocycles.